The van der Waals surface area contributed by atoms with Crippen LogP contribution in [0.15, 0.2) is 24.5 Å². The second-order valence-corrected chi connectivity index (χ2v) is 3.26. The Morgan fingerprint density at radius 1 is 1.50 bits per heavy atom. The van der Waals surface area contributed by atoms with Gasteiger partial charge in [-0.05, 0) is 18.1 Å². The van der Waals surface area contributed by atoms with Crippen LogP contribution in [0.2, 0.25) is 0 Å². The molecule has 0 aliphatic rings. The molecule has 6 heteroatoms. The van der Waals surface area contributed by atoms with Gasteiger partial charge in [0, 0.05) is 25.0 Å². The highest BCUT2D eigenvalue weighted by atomic mass is 19.3. The summed E-state index contributed by atoms with van der Waals surface area (Å²) in [6, 6.07) is 3.52. The van der Waals surface area contributed by atoms with Crippen molar-refractivity contribution in [2.75, 3.05) is 13.2 Å². The summed E-state index contributed by atoms with van der Waals surface area (Å²) >= 11 is 0. The molecule has 1 aromatic heterocycles. The molecule has 1 rings (SSSR count). The van der Waals surface area contributed by atoms with Gasteiger partial charge < -0.3 is 4.74 Å². The van der Waals surface area contributed by atoms with Gasteiger partial charge in [0.15, 0.2) is 0 Å². The van der Waals surface area contributed by atoms with Crippen LogP contribution in [-0.4, -0.2) is 24.6 Å². The minimum Gasteiger partial charge on any atom is -0.375 e. The molecule has 0 aromatic carbocycles. The molecule has 0 saturated heterocycles. The van der Waals surface area contributed by atoms with Gasteiger partial charge >= 0.3 is 0 Å². The third-order valence-electron chi connectivity index (χ3n) is 2.08. The van der Waals surface area contributed by atoms with Crippen LogP contribution < -0.4 is 11.3 Å². The summed E-state index contributed by atoms with van der Waals surface area (Å²) in [6.45, 7) is -0.307. The quantitative estimate of drug-likeness (QED) is 0.421. The molecule has 0 aliphatic heterocycles. The van der Waals surface area contributed by atoms with Gasteiger partial charge in [0.05, 0.1) is 0 Å². The van der Waals surface area contributed by atoms with Crippen molar-refractivity contribution in [3.8, 4) is 0 Å². The summed E-state index contributed by atoms with van der Waals surface area (Å²) in [5.74, 6) is 5.37. The molecule has 0 saturated carbocycles. The van der Waals surface area contributed by atoms with Gasteiger partial charge in [0.25, 0.3) is 6.43 Å². The predicted molar refractivity (Wildman–Crippen MR) is 55.7 cm³/mol. The second-order valence-electron chi connectivity index (χ2n) is 3.26. The molecule has 1 unspecified atom stereocenters. The minimum absolute atomic E-state index is 0.133. The highest BCUT2D eigenvalue weighted by Gasteiger charge is 2.10. The molecule has 1 aromatic rings. The van der Waals surface area contributed by atoms with E-state index in [0.29, 0.717) is 6.42 Å². The molecule has 1 atom stereocenters. The summed E-state index contributed by atoms with van der Waals surface area (Å²) in [6.07, 6.45) is 1.43. The van der Waals surface area contributed by atoms with Crippen molar-refractivity contribution in [3.63, 3.8) is 0 Å². The van der Waals surface area contributed by atoms with E-state index in [1.165, 1.54) is 0 Å². The number of ether oxygens (including phenoxy) is 1. The molecule has 0 spiro atoms. The number of hydrazine groups is 1. The Labute approximate surface area is 92.8 Å². The Morgan fingerprint density at radius 3 is 2.88 bits per heavy atom. The fourth-order valence-electron chi connectivity index (χ4n) is 1.30. The molecule has 0 bridgehead atoms. The van der Waals surface area contributed by atoms with E-state index in [4.69, 9.17) is 10.6 Å². The summed E-state index contributed by atoms with van der Waals surface area (Å²) in [5.41, 5.74) is 3.51. The van der Waals surface area contributed by atoms with Gasteiger partial charge in [-0.2, -0.15) is 0 Å². The van der Waals surface area contributed by atoms with E-state index < -0.39 is 13.0 Å². The number of pyridine rings is 1. The molecule has 90 valence electrons. The zero-order valence-electron chi connectivity index (χ0n) is 8.77. The highest BCUT2D eigenvalue weighted by Crippen LogP contribution is 2.14. The van der Waals surface area contributed by atoms with Crippen molar-refractivity contribution in [1.82, 2.24) is 10.4 Å². The van der Waals surface area contributed by atoms with Crippen molar-refractivity contribution in [2.24, 2.45) is 5.84 Å². The third kappa shape index (κ3) is 4.61. The van der Waals surface area contributed by atoms with Gasteiger partial charge in [-0.3, -0.25) is 16.3 Å². The van der Waals surface area contributed by atoms with Crippen LogP contribution in [0.4, 0.5) is 8.78 Å². The summed E-state index contributed by atoms with van der Waals surface area (Å²) in [5, 5.41) is 0. The van der Waals surface area contributed by atoms with Gasteiger partial charge in [0.2, 0.25) is 0 Å². The molecule has 1 heterocycles. The number of hydrogen-bond donors (Lipinski definition) is 2. The first kappa shape index (κ1) is 13.0. The van der Waals surface area contributed by atoms with Crippen molar-refractivity contribution >= 4 is 0 Å². The van der Waals surface area contributed by atoms with Crippen LogP contribution in [0.25, 0.3) is 0 Å². The first-order valence-corrected chi connectivity index (χ1v) is 4.96. The first-order chi connectivity index (χ1) is 7.74. The Hall–Kier alpha value is -1.11. The molecular formula is C10H15F2N3O. The largest absolute Gasteiger partial charge is 0.375 e. The maximum absolute atomic E-state index is 11.8. The van der Waals surface area contributed by atoms with E-state index in [1.54, 1.807) is 18.5 Å². The molecule has 0 fully saturated rings. The Balaban J connectivity index is 2.33. The lowest BCUT2D eigenvalue weighted by Gasteiger charge is -2.15. The highest BCUT2D eigenvalue weighted by molar-refractivity contribution is 5.13. The van der Waals surface area contributed by atoms with Crippen molar-refractivity contribution < 1.29 is 13.5 Å². The van der Waals surface area contributed by atoms with E-state index in [9.17, 15) is 8.78 Å². The summed E-state index contributed by atoms with van der Waals surface area (Å²) in [4.78, 5) is 3.95. The number of hydrogen-bond acceptors (Lipinski definition) is 4. The number of rotatable bonds is 7. The molecule has 0 aliphatic carbocycles. The molecule has 4 nitrogen and oxygen atoms in total. The van der Waals surface area contributed by atoms with Crippen LogP contribution >= 0.6 is 0 Å². The molecule has 0 radical (unpaired) electrons. The topological polar surface area (TPSA) is 60.2 Å². The number of alkyl halides is 2. The van der Waals surface area contributed by atoms with Crippen LogP contribution in [0.3, 0.4) is 0 Å². The van der Waals surface area contributed by atoms with E-state index in [2.05, 4.69) is 10.4 Å². The maximum atomic E-state index is 11.8. The molecular weight excluding hydrogens is 216 g/mol. The fourth-order valence-corrected chi connectivity index (χ4v) is 1.30. The Kier molecular flexibility index (Phi) is 5.84. The standard InChI is InChI=1S/C10H15F2N3O/c11-10(12)7-16-5-3-9(15-13)8-2-1-4-14-6-8/h1-2,4,6,9-10,15H,3,5,7,13H2. The average molecular weight is 231 g/mol. The Bertz CT molecular complexity index is 285. The summed E-state index contributed by atoms with van der Waals surface area (Å²) < 4.78 is 28.4. The Morgan fingerprint density at radius 2 is 2.31 bits per heavy atom. The van der Waals surface area contributed by atoms with Crippen molar-refractivity contribution in [1.29, 1.82) is 0 Å². The number of nitrogens with one attached hydrogen (secondary N) is 1. The average Bonchev–Trinajstić information content (AvgIpc) is 2.30. The number of nitrogens with two attached hydrogens (primary N) is 1. The minimum atomic E-state index is -2.43. The van der Waals surface area contributed by atoms with E-state index >= 15 is 0 Å². The van der Waals surface area contributed by atoms with Crippen LogP contribution in [-0.2, 0) is 4.74 Å². The second kappa shape index (κ2) is 7.21. The summed E-state index contributed by atoms with van der Waals surface area (Å²) in [7, 11) is 0. The number of nitrogens with zero attached hydrogens (tertiary/aromatic N) is 1. The zero-order chi connectivity index (χ0) is 11.8. The van der Waals surface area contributed by atoms with Crippen LogP contribution in [0.1, 0.15) is 18.0 Å². The first-order valence-electron chi connectivity index (χ1n) is 4.96. The van der Waals surface area contributed by atoms with Gasteiger partial charge in [0.1, 0.15) is 6.61 Å². The van der Waals surface area contributed by atoms with Gasteiger partial charge in [-0.15, -0.1) is 0 Å². The monoisotopic (exact) mass is 231 g/mol. The molecule has 3 N–H and O–H groups in total. The predicted octanol–water partition coefficient (Wildman–Crippen LogP) is 1.26. The van der Waals surface area contributed by atoms with Gasteiger partial charge in [-0.25, -0.2) is 8.78 Å². The van der Waals surface area contributed by atoms with Gasteiger partial charge in [-0.1, -0.05) is 6.07 Å². The fraction of sp³-hybridized carbons (Fsp3) is 0.500. The SMILES string of the molecule is NNC(CCOCC(F)F)c1cccnc1. The maximum Gasteiger partial charge on any atom is 0.261 e. The van der Waals surface area contributed by atoms with E-state index in [1.807, 2.05) is 6.07 Å². The zero-order valence-corrected chi connectivity index (χ0v) is 8.77. The lowest BCUT2D eigenvalue weighted by atomic mass is 10.1. The normalized spacial score (nSPS) is 13.0. The van der Waals surface area contributed by atoms with Crippen LogP contribution in [0.5, 0.6) is 0 Å². The third-order valence-corrected chi connectivity index (χ3v) is 2.08. The smallest absolute Gasteiger partial charge is 0.261 e. The molecule has 16 heavy (non-hydrogen) atoms. The number of halogens is 2. The van der Waals surface area contributed by atoms with Crippen molar-refractivity contribution in [3.05, 3.63) is 30.1 Å². The lowest BCUT2D eigenvalue weighted by molar-refractivity contribution is 0.0143. The number of aromatic nitrogens is 1. The van der Waals surface area contributed by atoms with E-state index in [0.717, 1.165) is 5.56 Å². The van der Waals surface area contributed by atoms with Crippen molar-refractivity contribution in [2.45, 2.75) is 18.9 Å². The lowest BCUT2D eigenvalue weighted by Crippen LogP contribution is -2.29. The van der Waals surface area contributed by atoms with E-state index in [-0.39, 0.29) is 12.6 Å². The van der Waals surface area contributed by atoms with Crippen LogP contribution in [0, 0.1) is 0 Å². The molecule has 0 amide bonds.